The minimum absolute atomic E-state index is 0.222. The van der Waals surface area contributed by atoms with Crippen molar-refractivity contribution in [2.75, 3.05) is 7.11 Å². The normalized spacial score (nSPS) is 10.9. The standard InChI is InChI=1S/C24H19NO5/c1-14-11-15(23(27)29-2)12-16(13-26)22(14)30-24(28)21-17-7-3-5-9-19(17)25-20-10-6-4-8-18(20)21/h3-12,26H,13H2,1-2H3. The summed E-state index contributed by atoms with van der Waals surface area (Å²) in [7, 11) is 1.28. The van der Waals surface area contributed by atoms with Crippen LogP contribution in [0.2, 0.25) is 0 Å². The van der Waals surface area contributed by atoms with E-state index in [2.05, 4.69) is 4.98 Å². The zero-order chi connectivity index (χ0) is 21.3. The maximum absolute atomic E-state index is 13.3. The molecular formula is C24H19NO5. The molecule has 6 nitrogen and oxygen atoms in total. The van der Waals surface area contributed by atoms with E-state index in [1.807, 2.05) is 48.5 Å². The summed E-state index contributed by atoms with van der Waals surface area (Å²) < 4.78 is 10.5. The third kappa shape index (κ3) is 3.38. The molecule has 1 N–H and O–H groups in total. The number of hydrogen-bond acceptors (Lipinski definition) is 6. The molecule has 0 aliphatic heterocycles. The van der Waals surface area contributed by atoms with Crippen molar-refractivity contribution in [3.8, 4) is 5.75 Å². The predicted octanol–water partition coefficient (Wildman–Crippen LogP) is 4.19. The predicted molar refractivity (Wildman–Crippen MR) is 113 cm³/mol. The fourth-order valence-electron chi connectivity index (χ4n) is 3.55. The molecule has 1 aromatic heterocycles. The molecule has 1 heterocycles. The van der Waals surface area contributed by atoms with E-state index in [-0.39, 0.29) is 11.3 Å². The lowest BCUT2D eigenvalue weighted by atomic mass is 10.0. The van der Waals surface area contributed by atoms with Crippen molar-refractivity contribution in [1.29, 1.82) is 0 Å². The molecule has 0 unspecified atom stereocenters. The Morgan fingerprint density at radius 1 is 0.933 bits per heavy atom. The average Bonchev–Trinajstić information content (AvgIpc) is 2.77. The first-order chi connectivity index (χ1) is 14.5. The highest BCUT2D eigenvalue weighted by Crippen LogP contribution is 2.30. The molecule has 0 aliphatic carbocycles. The number of methoxy groups -OCH3 is 1. The van der Waals surface area contributed by atoms with Gasteiger partial charge in [0.25, 0.3) is 0 Å². The minimum atomic E-state index is -0.562. The van der Waals surface area contributed by atoms with E-state index in [9.17, 15) is 14.7 Å². The summed E-state index contributed by atoms with van der Waals surface area (Å²) in [6.45, 7) is 1.31. The highest BCUT2D eigenvalue weighted by Gasteiger charge is 2.21. The number of pyridine rings is 1. The average molecular weight is 401 g/mol. The quantitative estimate of drug-likeness (QED) is 0.313. The fraction of sp³-hybridized carbons (Fsp3) is 0.125. The number of aliphatic hydroxyl groups is 1. The van der Waals surface area contributed by atoms with E-state index in [4.69, 9.17) is 9.47 Å². The number of aliphatic hydroxyl groups excluding tert-OH is 1. The minimum Gasteiger partial charge on any atom is -0.465 e. The maximum atomic E-state index is 13.3. The number of esters is 2. The third-order valence-corrected chi connectivity index (χ3v) is 4.93. The Morgan fingerprint density at radius 3 is 2.10 bits per heavy atom. The molecule has 6 heteroatoms. The number of carbonyl (C=O) groups is 2. The third-order valence-electron chi connectivity index (χ3n) is 4.93. The van der Waals surface area contributed by atoms with E-state index < -0.39 is 18.5 Å². The molecule has 4 aromatic rings. The number of ether oxygens (including phenoxy) is 2. The topological polar surface area (TPSA) is 85.7 Å². The van der Waals surface area contributed by atoms with Gasteiger partial charge in [0.15, 0.2) is 0 Å². The molecule has 0 fully saturated rings. The Morgan fingerprint density at radius 2 is 1.53 bits per heavy atom. The van der Waals surface area contributed by atoms with Crippen molar-refractivity contribution in [2.24, 2.45) is 0 Å². The van der Waals surface area contributed by atoms with Gasteiger partial charge in [0.2, 0.25) is 0 Å². The van der Waals surface area contributed by atoms with Crippen LogP contribution in [0.1, 0.15) is 31.8 Å². The van der Waals surface area contributed by atoms with Gasteiger partial charge in [-0.05, 0) is 36.8 Å². The number of nitrogens with zero attached hydrogens (tertiary/aromatic N) is 1. The van der Waals surface area contributed by atoms with Crippen LogP contribution >= 0.6 is 0 Å². The van der Waals surface area contributed by atoms with E-state index in [1.165, 1.54) is 13.2 Å². The number of aryl methyl sites for hydroxylation is 1. The smallest absolute Gasteiger partial charge is 0.344 e. The van der Waals surface area contributed by atoms with Gasteiger partial charge < -0.3 is 14.6 Å². The number of fused-ring (bicyclic) bond motifs is 2. The highest BCUT2D eigenvalue weighted by molar-refractivity contribution is 6.14. The zero-order valence-electron chi connectivity index (χ0n) is 16.5. The van der Waals surface area contributed by atoms with Crippen LogP contribution in [-0.4, -0.2) is 29.1 Å². The van der Waals surface area contributed by atoms with Crippen molar-refractivity contribution in [3.63, 3.8) is 0 Å². The molecule has 0 atom stereocenters. The zero-order valence-corrected chi connectivity index (χ0v) is 16.5. The summed E-state index contributed by atoms with van der Waals surface area (Å²) in [5, 5.41) is 11.1. The Balaban J connectivity index is 1.85. The number of benzene rings is 3. The first-order valence-corrected chi connectivity index (χ1v) is 9.36. The molecule has 150 valence electrons. The van der Waals surface area contributed by atoms with Gasteiger partial charge in [-0.15, -0.1) is 0 Å². The maximum Gasteiger partial charge on any atom is 0.344 e. The molecule has 0 bridgehead atoms. The SMILES string of the molecule is COC(=O)c1cc(C)c(OC(=O)c2c3ccccc3nc3ccccc23)c(CO)c1. The Kier molecular flexibility index (Phi) is 5.16. The Hall–Kier alpha value is -3.77. The lowest BCUT2D eigenvalue weighted by molar-refractivity contribution is 0.0600. The molecule has 30 heavy (non-hydrogen) atoms. The second-order valence-electron chi connectivity index (χ2n) is 6.84. The van der Waals surface area contributed by atoms with Crippen LogP contribution in [0.5, 0.6) is 5.75 Å². The van der Waals surface area contributed by atoms with Crippen molar-refractivity contribution in [3.05, 3.63) is 82.9 Å². The van der Waals surface area contributed by atoms with Gasteiger partial charge in [0.1, 0.15) is 5.75 Å². The monoisotopic (exact) mass is 401 g/mol. The van der Waals surface area contributed by atoms with Gasteiger partial charge >= 0.3 is 11.9 Å². The van der Waals surface area contributed by atoms with Crippen LogP contribution in [-0.2, 0) is 11.3 Å². The Labute approximate surface area is 172 Å². The second kappa shape index (κ2) is 7.93. The summed E-state index contributed by atoms with van der Waals surface area (Å²) in [6.07, 6.45) is 0. The summed E-state index contributed by atoms with van der Waals surface area (Å²) in [4.78, 5) is 29.8. The van der Waals surface area contributed by atoms with Crippen LogP contribution in [0.25, 0.3) is 21.8 Å². The number of aromatic nitrogens is 1. The number of carbonyl (C=O) groups excluding carboxylic acids is 2. The van der Waals surface area contributed by atoms with Crippen molar-refractivity contribution >= 4 is 33.7 Å². The summed E-state index contributed by atoms with van der Waals surface area (Å²) in [5.41, 5.74) is 2.91. The highest BCUT2D eigenvalue weighted by atomic mass is 16.5. The van der Waals surface area contributed by atoms with Crippen LogP contribution < -0.4 is 4.74 Å². The fourth-order valence-corrected chi connectivity index (χ4v) is 3.55. The molecular weight excluding hydrogens is 382 g/mol. The van der Waals surface area contributed by atoms with Crippen LogP contribution in [0, 0.1) is 6.92 Å². The van der Waals surface area contributed by atoms with E-state index >= 15 is 0 Å². The first kappa shape index (κ1) is 19.5. The number of para-hydroxylation sites is 2. The molecule has 0 saturated heterocycles. The van der Waals surface area contributed by atoms with E-state index in [0.29, 0.717) is 38.5 Å². The molecule has 4 rings (SSSR count). The van der Waals surface area contributed by atoms with Crippen LogP contribution in [0.3, 0.4) is 0 Å². The van der Waals surface area contributed by atoms with Gasteiger partial charge in [0, 0.05) is 16.3 Å². The molecule has 0 saturated carbocycles. The molecule has 0 radical (unpaired) electrons. The summed E-state index contributed by atoms with van der Waals surface area (Å²) >= 11 is 0. The molecule has 0 amide bonds. The largest absolute Gasteiger partial charge is 0.465 e. The van der Waals surface area contributed by atoms with Crippen molar-refractivity contribution in [2.45, 2.75) is 13.5 Å². The van der Waals surface area contributed by atoms with Gasteiger partial charge in [-0.3, -0.25) is 0 Å². The van der Waals surface area contributed by atoms with Gasteiger partial charge in [-0.1, -0.05) is 36.4 Å². The van der Waals surface area contributed by atoms with E-state index in [0.717, 1.165) is 0 Å². The first-order valence-electron chi connectivity index (χ1n) is 9.36. The van der Waals surface area contributed by atoms with Gasteiger partial charge in [-0.2, -0.15) is 0 Å². The summed E-state index contributed by atoms with van der Waals surface area (Å²) in [5.74, 6) is -0.870. The van der Waals surface area contributed by atoms with Crippen molar-refractivity contribution < 1.29 is 24.2 Å². The molecule has 0 spiro atoms. The number of rotatable bonds is 4. The number of hydrogen-bond donors (Lipinski definition) is 1. The second-order valence-corrected chi connectivity index (χ2v) is 6.84. The van der Waals surface area contributed by atoms with Gasteiger partial charge in [0.05, 0.1) is 35.9 Å². The van der Waals surface area contributed by atoms with Gasteiger partial charge in [-0.25, -0.2) is 14.6 Å². The lowest BCUT2D eigenvalue weighted by Gasteiger charge is -2.15. The molecule has 0 aliphatic rings. The summed E-state index contributed by atoms with van der Waals surface area (Å²) in [6, 6.07) is 17.8. The van der Waals surface area contributed by atoms with Crippen molar-refractivity contribution in [1.82, 2.24) is 4.98 Å². The van der Waals surface area contributed by atoms with E-state index in [1.54, 1.807) is 13.0 Å². The van der Waals surface area contributed by atoms with Crippen LogP contribution in [0.15, 0.2) is 60.7 Å². The lowest BCUT2D eigenvalue weighted by Crippen LogP contribution is -2.13. The molecule has 3 aromatic carbocycles. The Bertz CT molecular complexity index is 1240. The van der Waals surface area contributed by atoms with Crippen LogP contribution in [0.4, 0.5) is 0 Å².